The molecule has 4 heteroatoms. The van der Waals surface area contributed by atoms with Crippen molar-refractivity contribution in [1.29, 1.82) is 0 Å². The molecule has 0 saturated heterocycles. The van der Waals surface area contributed by atoms with E-state index < -0.39 is 0 Å². The molecule has 0 radical (unpaired) electrons. The normalized spacial score (nSPS) is 17.1. The third-order valence-electron chi connectivity index (χ3n) is 1.24. The van der Waals surface area contributed by atoms with Crippen LogP contribution in [0.25, 0.3) is 0 Å². The second-order valence-electron chi connectivity index (χ2n) is 2.25. The van der Waals surface area contributed by atoms with Gasteiger partial charge < -0.3 is 4.90 Å². The molecule has 0 unspecified atom stereocenters. The maximum atomic E-state index is 5.79. The summed E-state index contributed by atoms with van der Waals surface area (Å²) < 4.78 is 1.57. The van der Waals surface area contributed by atoms with Crippen molar-refractivity contribution in [2.24, 2.45) is 4.99 Å². The lowest BCUT2D eigenvalue weighted by Crippen LogP contribution is -2.26. The number of allylic oxidation sites excluding steroid dienone is 1. The van der Waals surface area contributed by atoms with Crippen LogP contribution in [-0.4, -0.2) is 36.3 Å². The second kappa shape index (κ2) is 2.92. The van der Waals surface area contributed by atoms with E-state index in [9.17, 15) is 0 Å². The van der Waals surface area contributed by atoms with Crippen LogP contribution in [0.2, 0.25) is 0 Å². The molecule has 0 spiro atoms. The molecule has 0 aliphatic carbocycles. The number of rotatable bonds is 1. The van der Waals surface area contributed by atoms with Crippen molar-refractivity contribution in [3.8, 4) is 0 Å². The van der Waals surface area contributed by atoms with Gasteiger partial charge in [0.1, 0.15) is 12.5 Å². The molecule has 0 aromatic heterocycles. The van der Waals surface area contributed by atoms with E-state index in [1.807, 2.05) is 25.1 Å². The summed E-state index contributed by atoms with van der Waals surface area (Å²) in [6.07, 6.45) is 3.63. The zero-order valence-electron chi connectivity index (χ0n) is 6.08. The highest BCUT2D eigenvalue weighted by Gasteiger charge is 2.09. The summed E-state index contributed by atoms with van der Waals surface area (Å²) in [7, 11) is 3.89. The molecule has 56 valence electrons. The topological polar surface area (TPSA) is 18.8 Å². The van der Waals surface area contributed by atoms with Crippen LogP contribution in [0.1, 0.15) is 0 Å². The minimum atomic E-state index is 0.533. The van der Waals surface area contributed by atoms with E-state index in [1.54, 1.807) is 10.6 Å². The first kappa shape index (κ1) is 7.41. The van der Waals surface area contributed by atoms with Crippen molar-refractivity contribution in [1.82, 2.24) is 9.32 Å². The molecule has 10 heavy (non-hydrogen) atoms. The summed E-state index contributed by atoms with van der Waals surface area (Å²) in [5.74, 6) is 0.969. The van der Waals surface area contributed by atoms with Crippen molar-refractivity contribution in [3.05, 3.63) is 11.9 Å². The van der Waals surface area contributed by atoms with Crippen LogP contribution < -0.4 is 0 Å². The summed E-state index contributed by atoms with van der Waals surface area (Å²) in [5, 5.41) is 0. The van der Waals surface area contributed by atoms with Gasteiger partial charge >= 0.3 is 0 Å². The Hall–Kier alpha value is -0.700. The minimum Gasteiger partial charge on any atom is -0.363 e. The summed E-state index contributed by atoms with van der Waals surface area (Å²) in [6, 6.07) is 0. The van der Waals surface area contributed by atoms with Gasteiger partial charge in [0.25, 0.3) is 0 Å². The van der Waals surface area contributed by atoms with Crippen molar-refractivity contribution in [3.63, 3.8) is 0 Å². The fourth-order valence-electron chi connectivity index (χ4n) is 0.758. The monoisotopic (exact) mass is 159 g/mol. The van der Waals surface area contributed by atoms with E-state index in [2.05, 4.69) is 4.99 Å². The molecule has 0 atom stereocenters. The Balaban J connectivity index is 2.70. The third-order valence-corrected chi connectivity index (χ3v) is 1.52. The number of hydrogen-bond donors (Lipinski definition) is 0. The van der Waals surface area contributed by atoms with Gasteiger partial charge in [0.15, 0.2) is 0 Å². The Labute approximate surface area is 65.7 Å². The maximum absolute atomic E-state index is 5.79. The van der Waals surface area contributed by atoms with Gasteiger partial charge in [0.05, 0.1) is 0 Å². The molecule has 0 N–H and O–H groups in total. The first-order valence-electron chi connectivity index (χ1n) is 3.02. The van der Waals surface area contributed by atoms with E-state index in [0.717, 1.165) is 5.82 Å². The van der Waals surface area contributed by atoms with Gasteiger partial charge in [-0.3, -0.25) is 4.99 Å². The lowest BCUT2D eigenvalue weighted by Gasteiger charge is -2.25. The van der Waals surface area contributed by atoms with Crippen LogP contribution in [0.4, 0.5) is 0 Å². The minimum absolute atomic E-state index is 0.533. The van der Waals surface area contributed by atoms with E-state index in [4.69, 9.17) is 11.8 Å². The highest BCUT2D eigenvalue weighted by atomic mass is 35.5. The molecule has 3 nitrogen and oxygen atoms in total. The van der Waals surface area contributed by atoms with E-state index >= 15 is 0 Å². The summed E-state index contributed by atoms with van der Waals surface area (Å²) in [6.45, 7) is 0.533. The van der Waals surface area contributed by atoms with Gasteiger partial charge in [-0.05, 0) is 6.08 Å². The largest absolute Gasteiger partial charge is 0.363 e. The standard InChI is InChI=1S/C6H10ClN3/c1-9(2)6-3-4-8-5-10(6)7/h3-4H,5H2,1-2H3. The molecular weight excluding hydrogens is 150 g/mol. The predicted molar refractivity (Wildman–Crippen MR) is 42.8 cm³/mol. The van der Waals surface area contributed by atoms with Crippen molar-refractivity contribution in [2.75, 3.05) is 20.8 Å². The molecule has 1 aliphatic rings. The van der Waals surface area contributed by atoms with Crippen LogP contribution in [-0.2, 0) is 0 Å². The van der Waals surface area contributed by atoms with E-state index in [1.165, 1.54) is 0 Å². The van der Waals surface area contributed by atoms with E-state index in [-0.39, 0.29) is 0 Å². The maximum Gasteiger partial charge on any atom is 0.127 e. The summed E-state index contributed by atoms with van der Waals surface area (Å²) in [4.78, 5) is 5.90. The lowest BCUT2D eigenvalue weighted by molar-refractivity contribution is 0.375. The van der Waals surface area contributed by atoms with Gasteiger partial charge in [-0.25, -0.2) is 4.42 Å². The Morgan fingerprint density at radius 1 is 1.70 bits per heavy atom. The number of aliphatic imine (C=N–C) groups is 1. The second-order valence-corrected chi connectivity index (χ2v) is 2.66. The van der Waals surface area contributed by atoms with Crippen LogP contribution in [0.3, 0.4) is 0 Å². The molecule has 0 bridgehead atoms. The quantitative estimate of drug-likeness (QED) is 0.530. The van der Waals surface area contributed by atoms with Gasteiger partial charge in [-0.2, -0.15) is 0 Å². The first-order valence-corrected chi connectivity index (χ1v) is 3.36. The zero-order valence-corrected chi connectivity index (χ0v) is 6.84. The van der Waals surface area contributed by atoms with Gasteiger partial charge in [-0.15, -0.1) is 0 Å². The Morgan fingerprint density at radius 3 is 2.80 bits per heavy atom. The Morgan fingerprint density at radius 2 is 2.40 bits per heavy atom. The van der Waals surface area contributed by atoms with E-state index in [0.29, 0.717) is 6.67 Å². The molecule has 1 aliphatic heterocycles. The SMILES string of the molecule is CN(C)C1=CC=NCN1Cl. The summed E-state index contributed by atoms with van der Waals surface area (Å²) >= 11 is 5.79. The lowest BCUT2D eigenvalue weighted by atomic mass is 10.5. The number of hydrogen-bond acceptors (Lipinski definition) is 3. The number of nitrogens with zero attached hydrogens (tertiary/aromatic N) is 3. The highest BCUT2D eigenvalue weighted by molar-refractivity contribution is 6.14. The molecule has 0 fully saturated rings. The molecular formula is C6H10ClN3. The molecule has 1 heterocycles. The molecule has 0 aromatic carbocycles. The number of halogens is 1. The van der Waals surface area contributed by atoms with Crippen LogP contribution >= 0.6 is 11.8 Å². The van der Waals surface area contributed by atoms with Crippen molar-refractivity contribution >= 4 is 18.0 Å². The third kappa shape index (κ3) is 1.42. The zero-order chi connectivity index (χ0) is 7.56. The van der Waals surface area contributed by atoms with Crippen molar-refractivity contribution < 1.29 is 0 Å². The average Bonchev–Trinajstić information content (AvgIpc) is 1.88. The fourth-order valence-corrected chi connectivity index (χ4v) is 1.03. The predicted octanol–water partition coefficient (Wildman–Crippen LogP) is 0.887. The fraction of sp³-hybridized carbons (Fsp3) is 0.500. The van der Waals surface area contributed by atoms with Gasteiger partial charge in [0.2, 0.25) is 0 Å². The van der Waals surface area contributed by atoms with Crippen LogP contribution in [0.5, 0.6) is 0 Å². The molecule has 0 aromatic rings. The summed E-state index contributed by atoms with van der Waals surface area (Å²) in [5.41, 5.74) is 0. The molecule has 1 rings (SSSR count). The first-order chi connectivity index (χ1) is 4.72. The van der Waals surface area contributed by atoms with Crippen molar-refractivity contribution in [2.45, 2.75) is 0 Å². The van der Waals surface area contributed by atoms with Gasteiger partial charge in [0, 0.05) is 32.1 Å². The Kier molecular flexibility index (Phi) is 2.17. The van der Waals surface area contributed by atoms with Gasteiger partial charge in [-0.1, -0.05) is 0 Å². The Bertz CT molecular complexity index is 174. The highest BCUT2D eigenvalue weighted by Crippen LogP contribution is 2.11. The average molecular weight is 160 g/mol. The van der Waals surface area contributed by atoms with Crippen LogP contribution in [0, 0.1) is 0 Å². The molecule has 0 amide bonds. The van der Waals surface area contributed by atoms with Crippen LogP contribution in [0.15, 0.2) is 16.9 Å². The smallest absolute Gasteiger partial charge is 0.127 e. The molecule has 0 saturated carbocycles.